The third-order valence-electron chi connectivity index (χ3n) is 2.62. The maximum Gasteiger partial charge on any atom is 0.315 e. The van der Waals surface area contributed by atoms with E-state index in [1.165, 1.54) is 0 Å². The number of allylic oxidation sites excluding steroid dienone is 1. The zero-order valence-electron chi connectivity index (χ0n) is 11.4. The quantitative estimate of drug-likeness (QED) is 0.483. The van der Waals surface area contributed by atoms with Crippen LogP contribution in [0.5, 0.6) is 0 Å². The molecule has 104 valence electrons. The Morgan fingerprint density at radius 2 is 2.05 bits per heavy atom. The summed E-state index contributed by atoms with van der Waals surface area (Å²) in [6.45, 7) is 3.98. The summed E-state index contributed by atoms with van der Waals surface area (Å²) in [5, 5.41) is 7.62. The van der Waals surface area contributed by atoms with Crippen LogP contribution in [0.15, 0.2) is 35.9 Å². The molecule has 0 N–H and O–H groups in total. The van der Waals surface area contributed by atoms with Gasteiger partial charge >= 0.3 is 5.97 Å². The number of nitrogens with zero attached hydrogens (tertiary/aromatic N) is 3. The Hall–Kier alpha value is -2.50. The zero-order chi connectivity index (χ0) is 14.5. The summed E-state index contributed by atoms with van der Waals surface area (Å²) in [4.78, 5) is 23.5. The molecule has 6 nitrogen and oxygen atoms in total. The molecule has 6 heteroatoms. The standard InChI is InChI=1S/C14H15N3O3/c1-10(2)7-8-20-14(19)9-13(18)17-12-6-4-3-5-11(12)15-16-17/h3-7H,8-9H2,1-2H3. The Morgan fingerprint density at radius 3 is 2.80 bits per heavy atom. The molecule has 0 aliphatic carbocycles. The number of fused-ring (bicyclic) bond motifs is 1. The lowest BCUT2D eigenvalue weighted by Gasteiger charge is -2.02. The summed E-state index contributed by atoms with van der Waals surface area (Å²) in [5.41, 5.74) is 2.24. The van der Waals surface area contributed by atoms with Crippen LogP contribution >= 0.6 is 0 Å². The van der Waals surface area contributed by atoms with Crippen molar-refractivity contribution in [1.29, 1.82) is 0 Å². The minimum Gasteiger partial charge on any atom is -0.461 e. The smallest absolute Gasteiger partial charge is 0.315 e. The van der Waals surface area contributed by atoms with Gasteiger partial charge < -0.3 is 4.74 Å². The highest BCUT2D eigenvalue weighted by molar-refractivity contribution is 5.98. The molecule has 0 fully saturated rings. The first kappa shape index (κ1) is 13.9. The predicted octanol–water partition coefficient (Wildman–Crippen LogP) is 1.97. The van der Waals surface area contributed by atoms with E-state index < -0.39 is 11.9 Å². The van der Waals surface area contributed by atoms with Gasteiger partial charge in [-0.15, -0.1) is 5.10 Å². The summed E-state index contributed by atoms with van der Waals surface area (Å²) in [7, 11) is 0. The van der Waals surface area contributed by atoms with Crippen molar-refractivity contribution in [2.24, 2.45) is 0 Å². The van der Waals surface area contributed by atoms with Crippen LogP contribution in [0.3, 0.4) is 0 Å². The molecular weight excluding hydrogens is 258 g/mol. The highest BCUT2D eigenvalue weighted by Crippen LogP contribution is 2.10. The molecule has 1 aromatic carbocycles. The average Bonchev–Trinajstić information content (AvgIpc) is 2.82. The van der Waals surface area contributed by atoms with E-state index in [1.54, 1.807) is 30.3 Å². The lowest BCUT2D eigenvalue weighted by molar-refractivity contribution is -0.141. The Kier molecular flexibility index (Phi) is 4.24. The van der Waals surface area contributed by atoms with Crippen molar-refractivity contribution in [2.75, 3.05) is 6.61 Å². The van der Waals surface area contributed by atoms with E-state index in [9.17, 15) is 9.59 Å². The lowest BCUT2D eigenvalue weighted by Crippen LogP contribution is -2.18. The van der Waals surface area contributed by atoms with Crippen molar-refractivity contribution < 1.29 is 14.3 Å². The molecular formula is C14H15N3O3. The van der Waals surface area contributed by atoms with Crippen LogP contribution in [-0.4, -0.2) is 33.5 Å². The van der Waals surface area contributed by atoms with Crippen LogP contribution in [0.2, 0.25) is 0 Å². The van der Waals surface area contributed by atoms with Gasteiger partial charge in [-0.2, -0.15) is 4.68 Å². The van der Waals surface area contributed by atoms with Crippen molar-refractivity contribution in [1.82, 2.24) is 15.0 Å². The summed E-state index contributed by atoms with van der Waals surface area (Å²) in [6, 6.07) is 7.06. The minimum absolute atomic E-state index is 0.173. The normalized spacial score (nSPS) is 10.3. The van der Waals surface area contributed by atoms with Gasteiger partial charge in [-0.1, -0.05) is 22.9 Å². The number of para-hydroxylation sites is 1. The fraction of sp³-hybridized carbons (Fsp3) is 0.286. The molecule has 2 aromatic rings. The van der Waals surface area contributed by atoms with Crippen LogP contribution in [0.25, 0.3) is 11.0 Å². The minimum atomic E-state index is -0.577. The Morgan fingerprint density at radius 1 is 1.30 bits per heavy atom. The summed E-state index contributed by atoms with van der Waals surface area (Å²) >= 11 is 0. The van der Waals surface area contributed by atoms with Crippen molar-refractivity contribution in [2.45, 2.75) is 20.3 Å². The van der Waals surface area contributed by atoms with Gasteiger partial charge in [0.05, 0.1) is 5.52 Å². The number of hydrogen-bond acceptors (Lipinski definition) is 5. The first-order chi connectivity index (χ1) is 9.58. The van der Waals surface area contributed by atoms with E-state index in [1.807, 2.05) is 13.8 Å². The second-order valence-corrected chi connectivity index (χ2v) is 4.52. The van der Waals surface area contributed by atoms with Gasteiger partial charge in [0.15, 0.2) is 0 Å². The number of aromatic nitrogens is 3. The van der Waals surface area contributed by atoms with Crippen LogP contribution in [0.4, 0.5) is 0 Å². The fourth-order valence-electron chi connectivity index (χ4n) is 1.60. The number of carbonyl (C=O) groups excluding carboxylic acids is 2. The number of benzene rings is 1. The molecule has 0 aliphatic rings. The first-order valence-electron chi connectivity index (χ1n) is 6.20. The number of hydrogen-bond donors (Lipinski definition) is 0. The van der Waals surface area contributed by atoms with Crippen LogP contribution in [-0.2, 0) is 9.53 Å². The molecule has 1 heterocycles. The summed E-state index contributed by atoms with van der Waals surface area (Å²) in [5.74, 6) is -1.03. The molecule has 0 spiro atoms. The number of carbonyl (C=O) groups is 2. The highest BCUT2D eigenvalue weighted by atomic mass is 16.5. The van der Waals surface area contributed by atoms with Gasteiger partial charge in [0.25, 0.3) is 5.91 Å². The second-order valence-electron chi connectivity index (χ2n) is 4.52. The van der Waals surface area contributed by atoms with Crippen LogP contribution < -0.4 is 0 Å². The Bertz CT molecular complexity index is 669. The van der Waals surface area contributed by atoms with Gasteiger partial charge in [0.2, 0.25) is 0 Å². The Labute approximate surface area is 116 Å². The van der Waals surface area contributed by atoms with Gasteiger partial charge in [-0.3, -0.25) is 9.59 Å². The van der Waals surface area contributed by atoms with Gasteiger partial charge in [0, 0.05) is 0 Å². The molecule has 0 unspecified atom stereocenters. The van der Waals surface area contributed by atoms with Gasteiger partial charge in [-0.25, -0.2) is 0 Å². The Balaban J connectivity index is 2.01. The first-order valence-corrected chi connectivity index (χ1v) is 6.20. The second kappa shape index (κ2) is 6.10. The van der Waals surface area contributed by atoms with Crippen molar-refractivity contribution in [3.05, 3.63) is 35.9 Å². The summed E-state index contributed by atoms with van der Waals surface area (Å²) < 4.78 is 6.06. The van der Waals surface area contributed by atoms with Crippen LogP contribution in [0.1, 0.15) is 25.1 Å². The van der Waals surface area contributed by atoms with E-state index >= 15 is 0 Å². The van der Waals surface area contributed by atoms with Crippen molar-refractivity contribution >= 4 is 22.9 Å². The average molecular weight is 273 g/mol. The molecule has 20 heavy (non-hydrogen) atoms. The van der Waals surface area contributed by atoms with E-state index in [0.29, 0.717) is 11.0 Å². The van der Waals surface area contributed by atoms with E-state index in [4.69, 9.17) is 4.74 Å². The van der Waals surface area contributed by atoms with E-state index in [-0.39, 0.29) is 13.0 Å². The predicted molar refractivity (Wildman–Crippen MR) is 73.2 cm³/mol. The fourth-order valence-corrected chi connectivity index (χ4v) is 1.60. The number of ether oxygens (including phenoxy) is 1. The summed E-state index contributed by atoms with van der Waals surface area (Å²) in [6.07, 6.45) is 1.41. The molecule has 0 bridgehead atoms. The molecule has 0 radical (unpaired) electrons. The molecule has 0 aliphatic heterocycles. The topological polar surface area (TPSA) is 74.1 Å². The van der Waals surface area contributed by atoms with E-state index in [2.05, 4.69) is 10.3 Å². The molecule has 0 atom stereocenters. The van der Waals surface area contributed by atoms with Gasteiger partial charge in [-0.05, 0) is 32.1 Å². The lowest BCUT2D eigenvalue weighted by atomic mass is 10.3. The third kappa shape index (κ3) is 3.28. The third-order valence-corrected chi connectivity index (χ3v) is 2.62. The largest absolute Gasteiger partial charge is 0.461 e. The monoisotopic (exact) mass is 273 g/mol. The molecule has 1 aromatic heterocycles. The number of esters is 1. The molecule has 0 saturated carbocycles. The van der Waals surface area contributed by atoms with Gasteiger partial charge in [0.1, 0.15) is 18.5 Å². The highest BCUT2D eigenvalue weighted by Gasteiger charge is 2.16. The van der Waals surface area contributed by atoms with E-state index in [0.717, 1.165) is 10.3 Å². The molecule has 2 rings (SSSR count). The molecule has 0 saturated heterocycles. The number of rotatable bonds is 4. The zero-order valence-corrected chi connectivity index (χ0v) is 11.4. The van der Waals surface area contributed by atoms with Crippen LogP contribution in [0, 0.1) is 0 Å². The van der Waals surface area contributed by atoms with Crippen molar-refractivity contribution in [3.63, 3.8) is 0 Å². The molecule has 0 amide bonds. The van der Waals surface area contributed by atoms with Crippen molar-refractivity contribution in [3.8, 4) is 0 Å². The maximum absolute atomic E-state index is 12.0. The maximum atomic E-state index is 12.0. The SMILES string of the molecule is CC(C)=CCOC(=O)CC(=O)n1nnc2ccccc21.